The van der Waals surface area contributed by atoms with Gasteiger partial charge in [0.2, 0.25) is 0 Å². The van der Waals surface area contributed by atoms with Crippen molar-refractivity contribution in [1.82, 2.24) is 15.6 Å². The predicted octanol–water partition coefficient (Wildman–Crippen LogP) is 2.46. The Hall–Kier alpha value is -2.41. The summed E-state index contributed by atoms with van der Waals surface area (Å²) < 4.78 is 0. The van der Waals surface area contributed by atoms with E-state index in [4.69, 9.17) is 5.11 Å². The average Bonchev–Trinajstić information content (AvgIpc) is 2.81. The fraction of sp³-hybridized carbons (Fsp3) is 0.267. The lowest BCUT2D eigenvalue weighted by atomic mass is 10.1. The minimum absolute atomic E-state index is 0.226. The first-order valence-corrected chi connectivity index (χ1v) is 7.54. The summed E-state index contributed by atoms with van der Waals surface area (Å²) in [6.07, 6.45) is 0. The Morgan fingerprint density at radius 2 is 1.77 bits per heavy atom. The molecular weight excluding hydrogens is 302 g/mol. The number of amides is 2. The third-order valence-corrected chi connectivity index (χ3v) is 4.14. The number of hydrogen-bond donors (Lipinski definition) is 3. The molecule has 0 aliphatic rings. The third-order valence-electron chi connectivity index (χ3n) is 3.06. The van der Waals surface area contributed by atoms with Crippen molar-refractivity contribution in [1.29, 1.82) is 0 Å². The summed E-state index contributed by atoms with van der Waals surface area (Å²) in [6.45, 7) is 4.64. The second kappa shape index (κ2) is 7.04. The molecule has 1 aromatic carbocycles. The first kappa shape index (κ1) is 16.0. The molecule has 1 heterocycles. The Balaban J connectivity index is 1.80. The molecule has 0 aliphatic carbocycles. The minimum atomic E-state index is -0.965. The van der Waals surface area contributed by atoms with Crippen LogP contribution < -0.4 is 10.6 Å². The van der Waals surface area contributed by atoms with Gasteiger partial charge < -0.3 is 15.7 Å². The van der Waals surface area contributed by atoms with Crippen LogP contribution in [0.1, 0.15) is 31.5 Å². The van der Waals surface area contributed by atoms with E-state index in [0.717, 1.165) is 21.1 Å². The van der Waals surface area contributed by atoms with E-state index >= 15 is 0 Å². The molecule has 3 N–H and O–H groups in total. The van der Waals surface area contributed by atoms with Gasteiger partial charge in [-0.25, -0.2) is 14.6 Å². The second-order valence-electron chi connectivity index (χ2n) is 4.78. The molecule has 2 amide bonds. The molecule has 0 bridgehead atoms. The number of nitrogens with zero attached hydrogens (tertiary/aromatic N) is 1. The summed E-state index contributed by atoms with van der Waals surface area (Å²) in [7, 11) is 0. The summed E-state index contributed by atoms with van der Waals surface area (Å²) in [5.41, 5.74) is 2.00. The fourth-order valence-electron chi connectivity index (χ4n) is 1.91. The standard InChI is InChI=1S/C15H17N3O3S/c1-9-13(22-10(2)18-9)8-17-15(21)16-7-11-3-5-12(6-4-11)14(19)20/h3-6H,7-8H2,1-2H3,(H,19,20)(H2,16,17,21). The number of urea groups is 1. The van der Waals surface area contributed by atoms with Gasteiger partial charge >= 0.3 is 12.0 Å². The largest absolute Gasteiger partial charge is 0.478 e. The van der Waals surface area contributed by atoms with Crippen molar-refractivity contribution in [2.75, 3.05) is 0 Å². The minimum Gasteiger partial charge on any atom is -0.478 e. The van der Waals surface area contributed by atoms with Crippen molar-refractivity contribution in [3.05, 3.63) is 51.0 Å². The molecule has 0 radical (unpaired) electrons. The zero-order valence-electron chi connectivity index (χ0n) is 12.3. The van der Waals surface area contributed by atoms with Gasteiger partial charge in [-0.05, 0) is 31.5 Å². The molecule has 0 saturated carbocycles. The highest BCUT2D eigenvalue weighted by Gasteiger charge is 2.07. The van der Waals surface area contributed by atoms with Gasteiger partial charge in [0.15, 0.2) is 0 Å². The molecule has 0 fully saturated rings. The van der Waals surface area contributed by atoms with Crippen LogP contribution in [0.15, 0.2) is 24.3 Å². The maximum atomic E-state index is 11.8. The van der Waals surface area contributed by atoms with Crippen LogP contribution in [0.4, 0.5) is 4.79 Å². The van der Waals surface area contributed by atoms with Gasteiger partial charge in [0, 0.05) is 11.4 Å². The Kier molecular flexibility index (Phi) is 5.11. The van der Waals surface area contributed by atoms with Gasteiger partial charge in [0.05, 0.1) is 22.8 Å². The van der Waals surface area contributed by atoms with Crippen LogP contribution in [0.2, 0.25) is 0 Å². The number of rotatable bonds is 5. The molecule has 6 nitrogen and oxygen atoms in total. The van der Waals surface area contributed by atoms with Crippen LogP contribution in [-0.2, 0) is 13.1 Å². The first-order chi connectivity index (χ1) is 10.5. The molecule has 0 unspecified atom stereocenters. The summed E-state index contributed by atoms with van der Waals surface area (Å²) in [4.78, 5) is 27.8. The number of benzene rings is 1. The SMILES string of the molecule is Cc1nc(C)c(CNC(=O)NCc2ccc(C(=O)O)cc2)s1. The van der Waals surface area contributed by atoms with Crippen LogP contribution in [0.5, 0.6) is 0 Å². The third kappa shape index (κ3) is 4.29. The van der Waals surface area contributed by atoms with Crippen molar-refractivity contribution in [3.8, 4) is 0 Å². The molecule has 0 saturated heterocycles. The van der Waals surface area contributed by atoms with Crippen LogP contribution in [-0.4, -0.2) is 22.1 Å². The number of aromatic nitrogens is 1. The highest BCUT2D eigenvalue weighted by molar-refractivity contribution is 7.11. The van der Waals surface area contributed by atoms with E-state index in [1.54, 1.807) is 23.5 Å². The Labute approximate surface area is 132 Å². The van der Waals surface area contributed by atoms with Gasteiger partial charge in [-0.15, -0.1) is 11.3 Å². The maximum Gasteiger partial charge on any atom is 0.335 e. The molecular formula is C15H17N3O3S. The molecule has 0 atom stereocenters. The van der Waals surface area contributed by atoms with Crippen molar-refractivity contribution >= 4 is 23.3 Å². The summed E-state index contributed by atoms with van der Waals surface area (Å²) in [5, 5.41) is 15.3. The van der Waals surface area contributed by atoms with E-state index in [1.807, 2.05) is 13.8 Å². The van der Waals surface area contributed by atoms with Crippen molar-refractivity contribution in [2.24, 2.45) is 0 Å². The molecule has 2 aromatic rings. The number of thiazole rings is 1. The molecule has 0 aliphatic heterocycles. The highest BCUT2D eigenvalue weighted by Crippen LogP contribution is 2.16. The Morgan fingerprint density at radius 3 is 2.32 bits per heavy atom. The highest BCUT2D eigenvalue weighted by atomic mass is 32.1. The molecule has 1 aromatic heterocycles. The van der Waals surface area contributed by atoms with Crippen molar-refractivity contribution in [3.63, 3.8) is 0 Å². The average molecular weight is 319 g/mol. The van der Waals surface area contributed by atoms with E-state index in [2.05, 4.69) is 15.6 Å². The predicted molar refractivity (Wildman–Crippen MR) is 84.1 cm³/mol. The molecule has 22 heavy (non-hydrogen) atoms. The number of hydrogen-bond acceptors (Lipinski definition) is 4. The number of carboxylic acids is 1. The lowest BCUT2D eigenvalue weighted by Gasteiger charge is -2.07. The van der Waals surface area contributed by atoms with E-state index in [0.29, 0.717) is 13.1 Å². The van der Waals surface area contributed by atoms with E-state index < -0.39 is 5.97 Å². The van der Waals surface area contributed by atoms with Gasteiger partial charge in [-0.3, -0.25) is 0 Å². The number of carboxylic acid groups (broad SMARTS) is 1. The Bertz CT molecular complexity index is 680. The van der Waals surface area contributed by atoms with Crippen molar-refractivity contribution < 1.29 is 14.7 Å². The van der Waals surface area contributed by atoms with Crippen LogP contribution in [0.25, 0.3) is 0 Å². The van der Waals surface area contributed by atoms with E-state index in [-0.39, 0.29) is 11.6 Å². The number of nitrogens with one attached hydrogen (secondary N) is 2. The molecule has 2 rings (SSSR count). The molecule has 0 spiro atoms. The number of aryl methyl sites for hydroxylation is 2. The van der Waals surface area contributed by atoms with E-state index in [1.165, 1.54) is 12.1 Å². The van der Waals surface area contributed by atoms with Gasteiger partial charge in [0.25, 0.3) is 0 Å². The molecule has 7 heteroatoms. The van der Waals surface area contributed by atoms with Gasteiger partial charge in [-0.1, -0.05) is 12.1 Å². The lowest BCUT2D eigenvalue weighted by molar-refractivity contribution is 0.0697. The number of carbonyl (C=O) groups excluding carboxylic acids is 1. The van der Waals surface area contributed by atoms with Crippen molar-refractivity contribution in [2.45, 2.75) is 26.9 Å². The van der Waals surface area contributed by atoms with E-state index in [9.17, 15) is 9.59 Å². The zero-order valence-corrected chi connectivity index (χ0v) is 13.2. The summed E-state index contributed by atoms with van der Waals surface area (Å²) in [5.74, 6) is -0.965. The second-order valence-corrected chi connectivity index (χ2v) is 6.07. The first-order valence-electron chi connectivity index (χ1n) is 6.72. The van der Waals surface area contributed by atoms with Crippen LogP contribution >= 0.6 is 11.3 Å². The monoisotopic (exact) mass is 319 g/mol. The number of carbonyl (C=O) groups is 2. The summed E-state index contributed by atoms with van der Waals surface area (Å²) >= 11 is 1.57. The van der Waals surface area contributed by atoms with Gasteiger partial charge in [0.1, 0.15) is 0 Å². The maximum absolute atomic E-state index is 11.8. The smallest absolute Gasteiger partial charge is 0.335 e. The normalized spacial score (nSPS) is 10.3. The molecule has 116 valence electrons. The topological polar surface area (TPSA) is 91.3 Å². The zero-order chi connectivity index (χ0) is 16.1. The van der Waals surface area contributed by atoms with Crippen LogP contribution in [0, 0.1) is 13.8 Å². The van der Waals surface area contributed by atoms with Crippen LogP contribution in [0.3, 0.4) is 0 Å². The quantitative estimate of drug-likeness (QED) is 0.789. The Morgan fingerprint density at radius 1 is 1.14 bits per heavy atom. The fourth-order valence-corrected chi connectivity index (χ4v) is 2.78. The summed E-state index contributed by atoms with van der Waals surface area (Å²) in [6, 6.07) is 6.12. The van der Waals surface area contributed by atoms with Gasteiger partial charge in [-0.2, -0.15) is 0 Å². The number of aromatic carboxylic acids is 1. The lowest BCUT2D eigenvalue weighted by Crippen LogP contribution is -2.34.